The molecule has 2 aromatic heterocycles. The second-order valence-electron chi connectivity index (χ2n) is 5.52. The van der Waals surface area contributed by atoms with Gasteiger partial charge in [0.05, 0.1) is 11.7 Å². The molecule has 5 nitrogen and oxygen atoms in total. The molecule has 2 N–H and O–H groups in total. The molecule has 0 saturated heterocycles. The van der Waals surface area contributed by atoms with Gasteiger partial charge in [0.1, 0.15) is 5.69 Å². The first-order valence-corrected chi connectivity index (χ1v) is 7.69. The predicted octanol–water partition coefficient (Wildman–Crippen LogP) is 3.94. The van der Waals surface area contributed by atoms with E-state index in [4.69, 9.17) is 5.73 Å². The van der Waals surface area contributed by atoms with Gasteiger partial charge in [0.2, 0.25) is 5.95 Å². The monoisotopic (exact) mass is 347 g/mol. The van der Waals surface area contributed by atoms with E-state index in [0.29, 0.717) is 12.0 Å². The molecule has 2 heterocycles. The van der Waals surface area contributed by atoms with Crippen molar-refractivity contribution in [1.29, 1.82) is 0 Å². The molecule has 3 rings (SSSR count). The van der Waals surface area contributed by atoms with Gasteiger partial charge in [-0.1, -0.05) is 37.3 Å². The van der Waals surface area contributed by atoms with Crippen LogP contribution in [0.4, 0.5) is 19.1 Å². The largest absolute Gasteiger partial charge is 0.433 e. The fourth-order valence-corrected chi connectivity index (χ4v) is 2.68. The molecule has 0 aliphatic carbocycles. The number of benzene rings is 1. The lowest BCUT2D eigenvalue weighted by atomic mass is 10.0. The summed E-state index contributed by atoms with van der Waals surface area (Å²) < 4.78 is 41.7. The molecule has 3 aromatic rings. The van der Waals surface area contributed by atoms with E-state index in [1.54, 1.807) is 24.3 Å². The Labute approximate surface area is 142 Å². The van der Waals surface area contributed by atoms with Crippen LogP contribution in [-0.4, -0.2) is 19.7 Å². The maximum absolute atomic E-state index is 13.5. The minimum absolute atomic E-state index is 0.0509. The van der Waals surface area contributed by atoms with Crippen molar-refractivity contribution in [3.8, 4) is 11.3 Å². The second kappa shape index (κ2) is 6.54. The molecule has 0 amide bonds. The van der Waals surface area contributed by atoms with Gasteiger partial charge in [-0.2, -0.15) is 18.3 Å². The van der Waals surface area contributed by atoms with E-state index in [9.17, 15) is 13.2 Å². The van der Waals surface area contributed by atoms with Gasteiger partial charge in [-0.15, -0.1) is 0 Å². The van der Waals surface area contributed by atoms with Gasteiger partial charge >= 0.3 is 6.18 Å². The van der Waals surface area contributed by atoms with Crippen LogP contribution in [-0.2, 0) is 6.18 Å². The SMILES string of the molecule is CCC(c1ccccc1)n1nc(-c2cnc(N)nc2)cc1C(F)(F)F. The Bertz CT molecular complexity index is 841. The summed E-state index contributed by atoms with van der Waals surface area (Å²) in [5.41, 5.74) is 5.91. The van der Waals surface area contributed by atoms with E-state index in [-0.39, 0.29) is 11.6 Å². The lowest BCUT2D eigenvalue weighted by Crippen LogP contribution is -2.20. The average Bonchev–Trinajstić information content (AvgIpc) is 3.03. The summed E-state index contributed by atoms with van der Waals surface area (Å²) >= 11 is 0. The Kier molecular flexibility index (Phi) is 4.43. The lowest BCUT2D eigenvalue weighted by molar-refractivity contribution is -0.144. The molecule has 25 heavy (non-hydrogen) atoms. The van der Waals surface area contributed by atoms with E-state index >= 15 is 0 Å². The minimum atomic E-state index is -4.53. The lowest BCUT2D eigenvalue weighted by Gasteiger charge is -2.20. The molecule has 1 unspecified atom stereocenters. The van der Waals surface area contributed by atoms with Crippen LogP contribution in [0, 0.1) is 0 Å². The maximum atomic E-state index is 13.5. The van der Waals surface area contributed by atoms with Crippen LogP contribution in [0.1, 0.15) is 30.6 Å². The molecule has 1 aromatic carbocycles. The normalized spacial score (nSPS) is 13.0. The summed E-state index contributed by atoms with van der Waals surface area (Å²) in [5.74, 6) is 0.0509. The summed E-state index contributed by atoms with van der Waals surface area (Å²) in [6, 6.07) is 9.49. The zero-order valence-electron chi connectivity index (χ0n) is 13.4. The van der Waals surface area contributed by atoms with Crippen molar-refractivity contribution >= 4 is 5.95 Å². The van der Waals surface area contributed by atoms with Crippen molar-refractivity contribution < 1.29 is 13.2 Å². The number of rotatable bonds is 4. The number of hydrogen-bond acceptors (Lipinski definition) is 4. The molecular weight excluding hydrogens is 331 g/mol. The summed E-state index contributed by atoms with van der Waals surface area (Å²) in [4.78, 5) is 7.63. The summed E-state index contributed by atoms with van der Waals surface area (Å²) in [7, 11) is 0. The third kappa shape index (κ3) is 3.47. The van der Waals surface area contributed by atoms with Gasteiger partial charge in [0.15, 0.2) is 0 Å². The highest BCUT2D eigenvalue weighted by Crippen LogP contribution is 2.36. The number of hydrogen-bond donors (Lipinski definition) is 1. The van der Waals surface area contributed by atoms with Crippen molar-refractivity contribution in [2.45, 2.75) is 25.6 Å². The van der Waals surface area contributed by atoms with Crippen LogP contribution in [0.25, 0.3) is 11.3 Å². The third-order valence-electron chi connectivity index (χ3n) is 3.86. The molecule has 0 fully saturated rings. The second-order valence-corrected chi connectivity index (χ2v) is 5.52. The first kappa shape index (κ1) is 16.9. The van der Waals surface area contributed by atoms with Crippen LogP contribution in [0.2, 0.25) is 0 Å². The molecule has 130 valence electrons. The fourth-order valence-electron chi connectivity index (χ4n) is 2.68. The summed E-state index contributed by atoms with van der Waals surface area (Å²) in [5, 5.41) is 4.20. The molecule has 0 aliphatic rings. The van der Waals surface area contributed by atoms with Gasteiger partial charge in [0.25, 0.3) is 0 Å². The molecule has 0 aliphatic heterocycles. The van der Waals surface area contributed by atoms with E-state index < -0.39 is 17.9 Å². The number of nitrogen functional groups attached to an aromatic ring is 1. The highest BCUT2D eigenvalue weighted by Gasteiger charge is 2.37. The number of aromatic nitrogens is 4. The molecule has 0 saturated carbocycles. The Balaban J connectivity index is 2.12. The quantitative estimate of drug-likeness (QED) is 0.776. The van der Waals surface area contributed by atoms with Gasteiger partial charge in [-0.3, -0.25) is 4.68 Å². The molecule has 0 spiro atoms. The summed E-state index contributed by atoms with van der Waals surface area (Å²) in [6.07, 6.45) is -1.34. The van der Waals surface area contributed by atoms with Crippen LogP contribution in [0.5, 0.6) is 0 Å². The Morgan fingerprint density at radius 3 is 2.32 bits per heavy atom. The third-order valence-corrected chi connectivity index (χ3v) is 3.86. The molecule has 8 heteroatoms. The van der Waals surface area contributed by atoms with E-state index in [1.165, 1.54) is 12.4 Å². The van der Waals surface area contributed by atoms with Gasteiger partial charge in [0, 0.05) is 18.0 Å². The Morgan fingerprint density at radius 2 is 1.76 bits per heavy atom. The van der Waals surface area contributed by atoms with Crippen molar-refractivity contribution in [3.63, 3.8) is 0 Å². The first-order valence-electron chi connectivity index (χ1n) is 7.69. The topological polar surface area (TPSA) is 69.6 Å². The zero-order valence-corrected chi connectivity index (χ0v) is 13.4. The number of halogens is 3. The molecule has 0 bridgehead atoms. The fraction of sp³-hybridized carbons (Fsp3) is 0.235. The van der Waals surface area contributed by atoms with Crippen molar-refractivity contribution in [1.82, 2.24) is 19.7 Å². The molecule has 0 radical (unpaired) electrons. The van der Waals surface area contributed by atoms with Crippen LogP contribution in [0.3, 0.4) is 0 Å². The Hall–Kier alpha value is -2.90. The van der Waals surface area contributed by atoms with Crippen LogP contribution >= 0.6 is 0 Å². The van der Waals surface area contributed by atoms with Crippen LogP contribution in [0.15, 0.2) is 48.8 Å². The zero-order chi connectivity index (χ0) is 18.0. The molecular formula is C17H16F3N5. The summed E-state index contributed by atoms with van der Waals surface area (Å²) in [6.45, 7) is 1.82. The van der Waals surface area contributed by atoms with Crippen molar-refractivity contribution in [2.24, 2.45) is 0 Å². The highest BCUT2D eigenvalue weighted by molar-refractivity contribution is 5.58. The van der Waals surface area contributed by atoms with E-state index in [1.807, 2.05) is 13.0 Å². The number of nitrogens with zero attached hydrogens (tertiary/aromatic N) is 4. The first-order chi connectivity index (χ1) is 11.9. The highest BCUT2D eigenvalue weighted by atomic mass is 19.4. The van der Waals surface area contributed by atoms with E-state index in [0.717, 1.165) is 16.3 Å². The molecule has 1 atom stereocenters. The van der Waals surface area contributed by atoms with Gasteiger partial charge in [-0.05, 0) is 18.1 Å². The average molecular weight is 347 g/mol. The maximum Gasteiger partial charge on any atom is 0.433 e. The van der Waals surface area contributed by atoms with Crippen molar-refractivity contribution in [3.05, 3.63) is 60.0 Å². The Morgan fingerprint density at radius 1 is 1.12 bits per heavy atom. The minimum Gasteiger partial charge on any atom is -0.368 e. The van der Waals surface area contributed by atoms with Gasteiger partial charge < -0.3 is 5.73 Å². The number of anilines is 1. The predicted molar refractivity (Wildman–Crippen MR) is 87.5 cm³/mol. The van der Waals surface area contributed by atoms with E-state index in [2.05, 4.69) is 15.1 Å². The standard InChI is InChI=1S/C17H16F3N5/c1-2-14(11-6-4-3-5-7-11)25-15(17(18,19)20)8-13(24-25)12-9-22-16(21)23-10-12/h3-10,14H,2H2,1H3,(H2,21,22,23). The van der Waals surface area contributed by atoms with Crippen molar-refractivity contribution in [2.75, 3.05) is 5.73 Å². The van der Waals surface area contributed by atoms with Crippen LogP contribution < -0.4 is 5.73 Å². The number of alkyl halides is 3. The van der Waals surface area contributed by atoms with Gasteiger partial charge in [-0.25, -0.2) is 9.97 Å². The smallest absolute Gasteiger partial charge is 0.368 e. The number of nitrogens with two attached hydrogens (primary N) is 1.